The highest BCUT2D eigenvalue weighted by Gasteiger charge is 2.03. The number of thioether (sulfide) groups is 1. The Morgan fingerprint density at radius 2 is 2.05 bits per heavy atom. The number of hydrogen-bond donors (Lipinski definition) is 1. The summed E-state index contributed by atoms with van der Waals surface area (Å²) >= 11 is 1.39. The summed E-state index contributed by atoms with van der Waals surface area (Å²) in [6, 6.07) is 4.44. The molecule has 0 amide bonds. The largest absolute Gasteiger partial charge is 0.478 e. The van der Waals surface area contributed by atoms with Crippen molar-refractivity contribution in [3.8, 4) is 0 Å². The Bertz CT molecular complexity index is 672. The van der Waals surface area contributed by atoms with Gasteiger partial charge in [-0.1, -0.05) is 17.8 Å². The molecule has 2 aromatic rings. The van der Waals surface area contributed by atoms with Gasteiger partial charge in [-0.2, -0.15) is 0 Å². The number of carboxylic acid groups (broad SMARTS) is 1. The van der Waals surface area contributed by atoms with Gasteiger partial charge in [0.05, 0.1) is 0 Å². The van der Waals surface area contributed by atoms with Gasteiger partial charge in [0.15, 0.2) is 5.16 Å². The number of aryl methyl sites for hydroxylation is 1. The first kappa shape index (κ1) is 15.2. The van der Waals surface area contributed by atoms with Crippen LogP contribution in [0.4, 0.5) is 4.39 Å². The molecule has 0 aliphatic rings. The molecule has 108 valence electrons. The van der Waals surface area contributed by atoms with Crippen LogP contribution in [0.2, 0.25) is 0 Å². The molecule has 21 heavy (non-hydrogen) atoms. The number of rotatable bonds is 5. The van der Waals surface area contributed by atoms with Crippen LogP contribution in [0.5, 0.6) is 0 Å². The van der Waals surface area contributed by atoms with Crippen LogP contribution in [-0.4, -0.2) is 21.0 Å². The zero-order chi connectivity index (χ0) is 15.2. The van der Waals surface area contributed by atoms with Crippen molar-refractivity contribution < 1.29 is 14.3 Å². The molecule has 0 spiro atoms. The first-order valence-electron chi connectivity index (χ1n) is 6.15. The monoisotopic (exact) mass is 304 g/mol. The number of nitrogens with zero attached hydrogens (tertiary/aromatic N) is 2. The molecule has 0 unspecified atom stereocenters. The second-order valence-corrected chi connectivity index (χ2v) is 5.34. The number of hydrogen-bond acceptors (Lipinski definition) is 4. The van der Waals surface area contributed by atoms with Crippen molar-refractivity contribution in [3.05, 3.63) is 59.2 Å². The molecule has 0 atom stereocenters. The highest BCUT2D eigenvalue weighted by Crippen LogP contribution is 2.21. The Hall–Kier alpha value is -2.21. The highest BCUT2D eigenvalue weighted by molar-refractivity contribution is 7.98. The fourth-order valence-corrected chi connectivity index (χ4v) is 2.34. The van der Waals surface area contributed by atoms with Crippen LogP contribution < -0.4 is 0 Å². The van der Waals surface area contributed by atoms with Gasteiger partial charge in [-0.25, -0.2) is 19.2 Å². The molecule has 0 aliphatic heterocycles. The van der Waals surface area contributed by atoms with Crippen molar-refractivity contribution in [2.45, 2.75) is 17.8 Å². The predicted molar refractivity (Wildman–Crippen MR) is 79.4 cm³/mol. The molecule has 1 heterocycles. The zero-order valence-electron chi connectivity index (χ0n) is 11.3. The van der Waals surface area contributed by atoms with E-state index < -0.39 is 11.8 Å². The number of aliphatic carboxylic acids is 1. The van der Waals surface area contributed by atoms with Gasteiger partial charge < -0.3 is 5.11 Å². The lowest BCUT2D eigenvalue weighted by molar-refractivity contribution is -0.131. The van der Waals surface area contributed by atoms with Gasteiger partial charge in [0.25, 0.3) is 0 Å². The smallest absolute Gasteiger partial charge is 0.328 e. The SMILES string of the molecule is Cc1cnc(SCc2cc(F)cc(C=CC(=O)O)c2)nc1. The van der Waals surface area contributed by atoms with E-state index in [1.54, 1.807) is 18.5 Å². The van der Waals surface area contributed by atoms with Crippen molar-refractivity contribution in [2.75, 3.05) is 0 Å². The summed E-state index contributed by atoms with van der Waals surface area (Å²) in [5.41, 5.74) is 2.23. The van der Waals surface area contributed by atoms with E-state index >= 15 is 0 Å². The minimum Gasteiger partial charge on any atom is -0.478 e. The van der Waals surface area contributed by atoms with Crippen molar-refractivity contribution >= 4 is 23.8 Å². The summed E-state index contributed by atoms with van der Waals surface area (Å²) in [6.45, 7) is 1.90. The fourth-order valence-electron chi connectivity index (χ4n) is 1.63. The maximum Gasteiger partial charge on any atom is 0.328 e. The van der Waals surface area contributed by atoms with Crippen molar-refractivity contribution in [1.82, 2.24) is 9.97 Å². The molecule has 0 bridgehead atoms. The molecule has 1 N–H and O–H groups in total. The summed E-state index contributed by atoms with van der Waals surface area (Å²) < 4.78 is 13.5. The van der Waals surface area contributed by atoms with E-state index in [1.807, 2.05) is 6.92 Å². The maximum atomic E-state index is 13.5. The van der Waals surface area contributed by atoms with Crippen LogP contribution in [0, 0.1) is 12.7 Å². The summed E-state index contributed by atoms with van der Waals surface area (Å²) in [6.07, 6.45) is 5.79. The second kappa shape index (κ2) is 6.99. The Labute approximate surface area is 125 Å². The van der Waals surface area contributed by atoms with Gasteiger partial charge in [0, 0.05) is 24.2 Å². The standard InChI is InChI=1S/C15H13FN2O2S/c1-10-7-17-15(18-8-10)21-9-12-4-11(2-3-14(19)20)5-13(16)6-12/h2-8H,9H2,1H3,(H,19,20). The van der Waals surface area contributed by atoms with E-state index in [4.69, 9.17) is 5.11 Å². The number of carboxylic acids is 1. The first-order chi connectivity index (χ1) is 10.0. The number of aromatic nitrogens is 2. The molecule has 0 saturated carbocycles. The Kier molecular flexibility index (Phi) is 5.05. The Morgan fingerprint density at radius 1 is 1.33 bits per heavy atom. The van der Waals surface area contributed by atoms with Gasteiger partial charge in [-0.05, 0) is 41.8 Å². The van der Waals surface area contributed by atoms with Crippen LogP contribution in [-0.2, 0) is 10.5 Å². The highest BCUT2D eigenvalue weighted by atomic mass is 32.2. The third kappa shape index (κ3) is 5.00. The van der Waals surface area contributed by atoms with Gasteiger partial charge >= 0.3 is 5.97 Å². The summed E-state index contributed by atoms with van der Waals surface area (Å²) in [7, 11) is 0. The third-order valence-electron chi connectivity index (χ3n) is 2.52. The molecule has 4 nitrogen and oxygen atoms in total. The number of carbonyl (C=O) groups is 1. The Balaban J connectivity index is 2.09. The topological polar surface area (TPSA) is 63.1 Å². The second-order valence-electron chi connectivity index (χ2n) is 4.40. The van der Waals surface area contributed by atoms with E-state index in [0.717, 1.165) is 17.2 Å². The maximum absolute atomic E-state index is 13.5. The molecule has 2 rings (SSSR count). The predicted octanol–water partition coefficient (Wildman–Crippen LogP) is 3.31. The lowest BCUT2D eigenvalue weighted by Gasteiger charge is -2.03. The number of benzene rings is 1. The van der Waals surface area contributed by atoms with Crippen LogP contribution >= 0.6 is 11.8 Å². The molecular weight excluding hydrogens is 291 g/mol. The van der Waals surface area contributed by atoms with E-state index in [0.29, 0.717) is 16.5 Å². The average molecular weight is 304 g/mol. The summed E-state index contributed by atoms with van der Waals surface area (Å²) in [4.78, 5) is 18.8. The summed E-state index contributed by atoms with van der Waals surface area (Å²) in [5.74, 6) is -0.958. The van der Waals surface area contributed by atoms with Crippen molar-refractivity contribution in [2.24, 2.45) is 0 Å². The van der Waals surface area contributed by atoms with Gasteiger partial charge in [0.1, 0.15) is 5.82 Å². The molecule has 1 aromatic carbocycles. The molecule has 0 radical (unpaired) electrons. The van der Waals surface area contributed by atoms with Crippen LogP contribution in [0.1, 0.15) is 16.7 Å². The Morgan fingerprint density at radius 3 is 2.71 bits per heavy atom. The first-order valence-corrected chi connectivity index (χ1v) is 7.13. The van der Waals surface area contributed by atoms with Gasteiger partial charge in [0.2, 0.25) is 0 Å². The number of halogens is 1. The van der Waals surface area contributed by atoms with Gasteiger partial charge in [-0.15, -0.1) is 0 Å². The average Bonchev–Trinajstić information content (AvgIpc) is 2.44. The fraction of sp³-hybridized carbons (Fsp3) is 0.133. The van der Waals surface area contributed by atoms with Crippen LogP contribution in [0.15, 0.2) is 41.8 Å². The lowest BCUT2D eigenvalue weighted by Crippen LogP contribution is -1.91. The van der Waals surface area contributed by atoms with E-state index in [-0.39, 0.29) is 0 Å². The molecule has 0 saturated heterocycles. The van der Waals surface area contributed by atoms with E-state index in [2.05, 4.69) is 9.97 Å². The van der Waals surface area contributed by atoms with Crippen molar-refractivity contribution in [3.63, 3.8) is 0 Å². The zero-order valence-corrected chi connectivity index (χ0v) is 12.1. The van der Waals surface area contributed by atoms with Crippen LogP contribution in [0.25, 0.3) is 6.08 Å². The summed E-state index contributed by atoms with van der Waals surface area (Å²) in [5, 5.41) is 9.20. The molecule has 0 aliphatic carbocycles. The molecule has 1 aromatic heterocycles. The quantitative estimate of drug-likeness (QED) is 0.521. The van der Waals surface area contributed by atoms with E-state index in [9.17, 15) is 9.18 Å². The normalized spacial score (nSPS) is 11.0. The minimum absolute atomic E-state index is 0.400. The lowest BCUT2D eigenvalue weighted by atomic mass is 10.1. The molecular formula is C15H13FN2O2S. The molecule has 0 fully saturated rings. The molecule has 6 heteroatoms. The van der Waals surface area contributed by atoms with Crippen LogP contribution in [0.3, 0.4) is 0 Å². The minimum atomic E-state index is -1.07. The third-order valence-corrected chi connectivity index (χ3v) is 3.47. The van der Waals surface area contributed by atoms with Crippen molar-refractivity contribution in [1.29, 1.82) is 0 Å². The van der Waals surface area contributed by atoms with E-state index in [1.165, 1.54) is 30.0 Å². The van der Waals surface area contributed by atoms with Gasteiger partial charge in [-0.3, -0.25) is 0 Å².